The molecule has 0 aliphatic rings. The van der Waals surface area contributed by atoms with Crippen molar-refractivity contribution in [3.8, 4) is 28.2 Å². The number of hydrogen-bond donors (Lipinski definition) is 0. The molecule has 0 amide bonds. The number of rotatable bonds is 6. The van der Waals surface area contributed by atoms with Gasteiger partial charge in [0, 0.05) is 48.9 Å². The van der Waals surface area contributed by atoms with Gasteiger partial charge in [-0.15, -0.1) is 0 Å². The molecule has 0 unspecified atom stereocenters. The van der Waals surface area contributed by atoms with Gasteiger partial charge in [-0.05, 0) is 56.7 Å². The summed E-state index contributed by atoms with van der Waals surface area (Å²) in [6.07, 6.45) is 8.07. The highest BCUT2D eigenvalue weighted by Crippen LogP contribution is 2.29. The minimum Gasteiger partial charge on any atom is -0.272 e. The highest BCUT2D eigenvalue weighted by atomic mass is 15.3. The molecule has 8 nitrogen and oxygen atoms in total. The van der Waals surface area contributed by atoms with E-state index in [4.69, 9.17) is 10.1 Å². The molecule has 0 aliphatic heterocycles. The smallest absolute Gasteiger partial charge is 0.148 e. The second-order valence-corrected chi connectivity index (χ2v) is 7.81. The fourth-order valence-corrected chi connectivity index (χ4v) is 3.82. The van der Waals surface area contributed by atoms with E-state index in [0.29, 0.717) is 6.42 Å². The van der Waals surface area contributed by atoms with Gasteiger partial charge >= 0.3 is 0 Å². The molecule has 0 bridgehead atoms. The van der Waals surface area contributed by atoms with E-state index in [1.807, 2.05) is 72.1 Å². The van der Waals surface area contributed by atoms with Gasteiger partial charge in [-0.25, -0.2) is 19.6 Å². The molecule has 164 valence electrons. The van der Waals surface area contributed by atoms with Crippen LogP contribution >= 0.6 is 0 Å². The van der Waals surface area contributed by atoms with Crippen LogP contribution in [0, 0.1) is 13.8 Å². The highest BCUT2D eigenvalue weighted by molar-refractivity contribution is 5.78. The Bertz CT molecular complexity index is 1380. The van der Waals surface area contributed by atoms with Crippen LogP contribution in [-0.4, -0.2) is 39.5 Å². The highest BCUT2D eigenvalue weighted by Gasteiger charge is 2.15. The zero-order valence-electron chi connectivity index (χ0n) is 18.8. The third-order valence-corrected chi connectivity index (χ3v) is 5.42. The second kappa shape index (κ2) is 8.74. The van der Waals surface area contributed by atoms with Crippen LogP contribution in [0.15, 0.2) is 67.3 Å². The number of hydrogen-bond acceptors (Lipinski definition) is 6. The summed E-state index contributed by atoms with van der Waals surface area (Å²) < 4.78 is 3.77. The SMILES string of the molecule is CCn1cc(-c2ccnc(Cc3ccc(-n4nc(C)nc4C)cc3)n2)c(-c2cccnc2)n1. The van der Waals surface area contributed by atoms with Crippen molar-refractivity contribution in [3.63, 3.8) is 0 Å². The summed E-state index contributed by atoms with van der Waals surface area (Å²) in [6.45, 7) is 6.70. The topological polar surface area (TPSA) is 87.2 Å². The first kappa shape index (κ1) is 20.7. The first-order chi connectivity index (χ1) is 16.1. The van der Waals surface area contributed by atoms with Crippen LogP contribution in [0.3, 0.4) is 0 Å². The molecule has 5 aromatic rings. The van der Waals surface area contributed by atoms with Crippen molar-refractivity contribution in [2.24, 2.45) is 0 Å². The number of benzene rings is 1. The Balaban J connectivity index is 1.43. The number of pyridine rings is 1. The van der Waals surface area contributed by atoms with Gasteiger partial charge in [-0.2, -0.15) is 10.2 Å². The number of nitrogens with zero attached hydrogens (tertiary/aromatic N) is 8. The van der Waals surface area contributed by atoms with Gasteiger partial charge in [0.15, 0.2) is 0 Å². The summed E-state index contributed by atoms with van der Waals surface area (Å²) in [5, 5.41) is 9.19. The lowest BCUT2D eigenvalue weighted by Gasteiger charge is -2.07. The zero-order chi connectivity index (χ0) is 22.8. The average molecular weight is 437 g/mol. The van der Waals surface area contributed by atoms with Gasteiger partial charge in [0.1, 0.15) is 23.2 Å². The maximum Gasteiger partial charge on any atom is 0.148 e. The van der Waals surface area contributed by atoms with Crippen LogP contribution in [0.4, 0.5) is 0 Å². The Labute approximate surface area is 192 Å². The Morgan fingerprint density at radius 2 is 1.76 bits per heavy atom. The summed E-state index contributed by atoms with van der Waals surface area (Å²) in [4.78, 5) is 18.0. The normalized spacial score (nSPS) is 11.1. The molecule has 5 rings (SSSR count). The first-order valence-electron chi connectivity index (χ1n) is 10.9. The molecule has 0 N–H and O–H groups in total. The van der Waals surface area contributed by atoms with Crippen molar-refractivity contribution < 1.29 is 0 Å². The first-order valence-corrected chi connectivity index (χ1v) is 10.9. The summed E-state index contributed by atoms with van der Waals surface area (Å²) in [5.74, 6) is 2.39. The molecule has 0 spiro atoms. The van der Waals surface area contributed by atoms with Crippen LogP contribution in [0.25, 0.3) is 28.2 Å². The standard InChI is InChI=1S/C25H24N8/c1-4-32-16-22(25(31-32)20-6-5-12-26-15-20)23-11-13-27-24(29-23)14-19-7-9-21(10-8-19)33-18(3)28-17(2)30-33/h5-13,15-16H,4,14H2,1-3H3. The molecule has 0 saturated carbocycles. The maximum atomic E-state index is 4.86. The third kappa shape index (κ3) is 4.27. The van der Waals surface area contributed by atoms with Crippen molar-refractivity contribution in [2.75, 3.05) is 0 Å². The molecule has 4 heterocycles. The lowest BCUT2D eigenvalue weighted by atomic mass is 10.1. The summed E-state index contributed by atoms with van der Waals surface area (Å²) in [6, 6.07) is 14.1. The largest absolute Gasteiger partial charge is 0.272 e. The second-order valence-electron chi connectivity index (χ2n) is 7.81. The zero-order valence-corrected chi connectivity index (χ0v) is 18.8. The van der Waals surface area contributed by atoms with E-state index in [0.717, 1.165) is 57.8 Å². The summed E-state index contributed by atoms with van der Waals surface area (Å²) in [5.41, 5.74) is 5.78. The molecule has 8 heteroatoms. The van der Waals surface area contributed by atoms with Crippen molar-refractivity contribution in [1.29, 1.82) is 0 Å². The van der Waals surface area contributed by atoms with Gasteiger partial charge in [0.2, 0.25) is 0 Å². The quantitative estimate of drug-likeness (QED) is 0.396. The van der Waals surface area contributed by atoms with E-state index in [-0.39, 0.29) is 0 Å². The fourth-order valence-electron chi connectivity index (χ4n) is 3.82. The molecule has 0 atom stereocenters. The van der Waals surface area contributed by atoms with Crippen LogP contribution in [0.2, 0.25) is 0 Å². The van der Waals surface area contributed by atoms with Crippen molar-refractivity contribution in [2.45, 2.75) is 33.7 Å². The molecule has 33 heavy (non-hydrogen) atoms. The molecule has 1 aromatic carbocycles. The molecule has 0 fully saturated rings. The number of aryl methyl sites for hydroxylation is 3. The van der Waals surface area contributed by atoms with E-state index >= 15 is 0 Å². The van der Waals surface area contributed by atoms with Crippen LogP contribution in [-0.2, 0) is 13.0 Å². The van der Waals surface area contributed by atoms with Crippen LogP contribution in [0.5, 0.6) is 0 Å². The number of aromatic nitrogens is 8. The van der Waals surface area contributed by atoms with Gasteiger partial charge in [-0.3, -0.25) is 9.67 Å². The summed E-state index contributed by atoms with van der Waals surface area (Å²) >= 11 is 0. The van der Waals surface area contributed by atoms with Crippen LogP contribution < -0.4 is 0 Å². The molecular formula is C25H24N8. The minimum absolute atomic E-state index is 0.633. The molecule has 4 aromatic heterocycles. The average Bonchev–Trinajstić information content (AvgIpc) is 3.43. The van der Waals surface area contributed by atoms with E-state index in [9.17, 15) is 0 Å². The Morgan fingerprint density at radius 3 is 2.45 bits per heavy atom. The summed E-state index contributed by atoms with van der Waals surface area (Å²) in [7, 11) is 0. The van der Waals surface area contributed by atoms with E-state index in [1.165, 1.54) is 0 Å². The third-order valence-electron chi connectivity index (χ3n) is 5.42. The van der Waals surface area contributed by atoms with Gasteiger partial charge in [-0.1, -0.05) is 12.1 Å². The van der Waals surface area contributed by atoms with Gasteiger partial charge in [0.05, 0.1) is 11.4 Å². The molecule has 0 saturated heterocycles. The molecule has 0 radical (unpaired) electrons. The van der Waals surface area contributed by atoms with Crippen molar-refractivity contribution in [1.82, 2.24) is 39.5 Å². The van der Waals surface area contributed by atoms with Crippen molar-refractivity contribution in [3.05, 3.63) is 90.3 Å². The molecular weight excluding hydrogens is 412 g/mol. The lowest BCUT2D eigenvalue weighted by molar-refractivity contribution is 0.662. The van der Waals surface area contributed by atoms with Crippen molar-refractivity contribution >= 4 is 0 Å². The molecule has 0 aliphatic carbocycles. The fraction of sp³-hybridized carbons (Fsp3) is 0.200. The predicted octanol–water partition coefficient (Wildman–Crippen LogP) is 4.21. The Morgan fingerprint density at radius 1 is 0.909 bits per heavy atom. The lowest BCUT2D eigenvalue weighted by Crippen LogP contribution is -2.01. The Kier molecular flexibility index (Phi) is 5.48. The van der Waals surface area contributed by atoms with E-state index in [2.05, 4.69) is 39.1 Å². The Hall–Kier alpha value is -4.20. The van der Waals surface area contributed by atoms with Crippen LogP contribution in [0.1, 0.15) is 30.0 Å². The van der Waals surface area contributed by atoms with E-state index in [1.54, 1.807) is 6.20 Å². The maximum absolute atomic E-state index is 4.86. The monoisotopic (exact) mass is 436 g/mol. The van der Waals surface area contributed by atoms with Gasteiger partial charge in [0.25, 0.3) is 0 Å². The van der Waals surface area contributed by atoms with E-state index < -0.39 is 0 Å². The minimum atomic E-state index is 0.633. The predicted molar refractivity (Wildman–Crippen MR) is 126 cm³/mol. The van der Waals surface area contributed by atoms with Gasteiger partial charge < -0.3 is 0 Å².